The zero-order valence-corrected chi connectivity index (χ0v) is 21.4. The zero-order chi connectivity index (χ0) is 24.0. The van der Waals surface area contributed by atoms with Gasteiger partial charge in [0.2, 0.25) is 5.91 Å². The zero-order valence-electron chi connectivity index (χ0n) is 21.4. The van der Waals surface area contributed by atoms with E-state index in [-0.39, 0.29) is 11.9 Å². The van der Waals surface area contributed by atoms with Gasteiger partial charge in [0.15, 0.2) is 0 Å². The molecule has 188 valence electrons. The van der Waals surface area contributed by atoms with Crippen molar-refractivity contribution in [1.29, 1.82) is 0 Å². The Bertz CT molecular complexity index is 603. The number of amides is 1. The van der Waals surface area contributed by atoms with Crippen LogP contribution >= 0.6 is 0 Å². The van der Waals surface area contributed by atoms with Crippen LogP contribution in [0.1, 0.15) is 129 Å². The van der Waals surface area contributed by atoms with E-state index in [1.807, 2.05) is 25.1 Å². The molecule has 0 radical (unpaired) electrons. The van der Waals surface area contributed by atoms with E-state index in [1.54, 1.807) is 18.3 Å². The van der Waals surface area contributed by atoms with E-state index in [1.165, 1.54) is 83.5 Å². The highest BCUT2D eigenvalue weighted by atomic mass is 16.3. The van der Waals surface area contributed by atoms with Gasteiger partial charge in [-0.3, -0.25) is 9.78 Å². The van der Waals surface area contributed by atoms with E-state index >= 15 is 0 Å². The summed E-state index contributed by atoms with van der Waals surface area (Å²) >= 11 is 0. The molecule has 1 aromatic heterocycles. The standard InChI is InChI=1S/C29H50N2O2/c1-3-5-6-7-8-9-10-11-12-13-14-15-16-17-18-22-29(33)31-27(4-2)28(32)24-23-26-21-19-20-25-30-26/h19-21,23-25,27-28,32H,3-18,22H2,1-2H3,(H,31,33)/b24-23+/t27-,28+/m0/s1. The molecule has 1 aromatic rings. The maximum Gasteiger partial charge on any atom is 0.220 e. The highest BCUT2D eigenvalue weighted by Crippen LogP contribution is 2.14. The summed E-state index contributed by atoms with van der Waals surface area (Å²) in [5.74, 6) is 0.0434. The second-order valence-electron chi connectivity index (χ2n) is 9.39. The minimum Gasteiger partial charge on any atom is -0.387 e. The average molecular weight is 459 g/mol. The smallest absolute Gasteiger partial charge is 0.220 e. The quantitative estimate of drug-likeness (QED) is 0.186. The third-order valence-electron chi connectivity index (χ3n) is 6.36. The third-order valence-corrected chi connectivity index (χ3v) is 6.36. The second-order valence-corrected chi connectivity index (χ2v) is 9.39. The molecule has 0 spiro atoms. The number of hydrogen-bond donors (Lipinski definition) is 2. The summed E-state index contributed by atoms with van der Waals surface area (Å²) in [5, 5.41) is 13.4. The van der Waals surface area contributed by atoms with Crippen LogP contribution in [0.3, 0.4) is 0 Å². The highest BCUT2D eigenvalue weighted by molar-refractivity contribution is 5.76. The molecular weight excluding hydrogens is 408 g/mol. The minimum absolute atomic E-state index is 0.0434. The van der Waals surface area contributed by atoms with Crippen LogP contribution in [0.2, 0.25) is 0 Å². The average Bonchev–Trinajstić information content (AvgIpc) is 2.84. The summed E-state index contributed by atoms with van der Waals surface area (Å²) in [6.07, 6.45) is 25.6. The Hall–Kier alpha value is -1.68. The van der Waals surface area contributed by atoms with Crippen LogP contribution < -0.4 is 5.32 Å². The van der Waals surface area contributed by atoms with Crippen molar-refractivity contribution >= 4 is 12.0 Å². The molecule has 4 heteroatoms. The Morgan fingerprint density at radius 1 is 0.879 bits per heavy atom. The Labute approximate surface area is 203 Å². The first-order valence-electron chi connectivity index (χ1n) is 13.7. The molecule has 2 N–H and O–H groups in total. The van der Waals surface area contributed by atoms with Crippen molar-refractivity contribution in [2.75, 3.05) is 0 Å². The normalized spacial score (nSPS) is 13.3. The van der Waals surface area contributed by atoms with Crippen LogP contribution in [0.5, 0.6) is 0 Å². The highest BCUT2D eigenvalue weighted by Gasteiger charge is 2.17. The number of unbranched alkanes of at least 4 members (excludes halogenated alkanes) is 14. The van der Waals surface area contributed by atoms with Gasteiger partial charge >= 0.3 is 0 Å². The molecule has 4 nitrogen and oxygen atoms in total. The lowest BCUT2D eigenvalue weighted by molar-refractivity contribution is -0.122. The molecule has 0 unspecified atom stereocenters. The molecule has 0 aliphatic rings. The molecule has 33 heavy (non-hydrogen) atoms. The predicted octanol–water partition coefficient (Wildman–Crippen LogP) is 7.61. The van der Waals surface area contributed by atoms with Crippen molar-refractivity contribution in [3.63, 3.8) is 0 Å². The van der Waals surface area contributed by atoms with Crippen LogP contribution in [0.15, 0.2) is 30.5 Å². The predicted molar refractivity (Wildman–Crippen MR) is 141 cm³/mol. The number of aliphatic hydroxyl groups excluding tert-OH is 1. The fraction of sp³-hybridized carbons (Fsp3) is 0.724. The molecule has 1 amide bonds. The molecule has 1 heterocycles. The van der Waals surface area contributed by atoms with Crippen LogP contribution in [-0.2, 0) is 4.79 Å². The van der Waals surface area contributed by atoms with Gasteiger partial charge in [0, 0.05) is 12.6 Å². The first kappa shape index (κ1) is 29.4. The topological polar surface area (TPSA) is 62.2 Å². The number of aromatic nitrogens is 1. The summed E-state index contributed by atoms with van der Waals surface area (Å²) in [5.41, 5.74) is 0.801. The number of rotatable bonds is 21. The summed E-state index contributed by atoms with van der Waals surface area (Å²) in [7, 11) is 0. The maximum atomic E-state index is 12.3. The summed E-state index contributed by atoms with van der Waals surface area (Å²) in [6, 6.07) is 5.41. The lowest BCUT2D eigenvalue weighted by Gasteiger charge is -2.20. The molecule has 0 saturated heterocycles. The van der Waals surface area contributed by atoms with Crippen LogP contribution in [0.4, 0.5) is 0 Å². The number of hydrogen-bond acceptors (Lipinski definition) is 3. The minimum atomic E-state index is -0.706. The van der Waals surface area contributed by atoms with E-state index in [0.29, 0.717) is 12.8 Å². The number of aliphatic hydroxyl groups is 1. The van der Waals surface area contributed by atoms with Gasteiger partial charge < -0.3 is 10.4 Å². The Morgan fingerprint density at radius 3 is 1.91 bits per heavy atom. The van der Waals surface area contributed by atoms with E-state index in [4.69, 9.17) is 0 Å². The van der Waals surface area contributed by atoms with E-state index in [2.05, 4.69) is 17.2 Å². The van der Waals surface area contributed by atoms with Gasteiger partial charge in [-0.05, 0) is 31.1 Å². The molecule has 0 saturated carbocycles. The maximum absolute atomic E-state index is 12.3. The van der Waals surface area contributed by atoms with E-state index in [9.17, 15) is 9.90 Å². The lowest BCUT2D eigenvalue weighted by Crippen LogP contribution is -2.42. The molecular formula is C29H50N2O2. The monoisotopic (exact) mass is 458 g/mol. The van der Waals surface area contributed by atoms with Crippen LogP contribution in [0.25, 0.3) is 6.08 Å². The van der Waals surface area contributed by atoms with Gasteiger partial charge in [-0.15, -0.1) is 0 Å². The molecule has 0 aliphatic carbocycles. The summed E-state index contributed by atoms with van der Waals surface area (Å²) < 4.78 is 0. The van der Waals surface area contributed by atoms with Gasteiger partial charge in [0.25, 0.3) is 0 Å². The van der Waals surface area contributed by atoms with Crippen molar-refractivity contribution in [2.24, 2.45) is 0 Å². The van der Waals surface area contributed by atoms with Gasteiger partial charge in [0.1, 0.15) is 0 Å². The number of nitrogens with zero attached hydrogens (tertiary/aromatic N) is 1. The van der Waals surface area contributed by atoms with Crippen LogP contribution in [0, 0.1) is 0 Å². The van der Waals surface area contributed by atoms with Gasteiger partial charge in [-0.2, -0.15) is 0 Å². The largest absolute Gasteiger partial charge is 0.387 e. The van der Waals surface area contributed by atoms with E-state index < -0.39 is 6.10 Å². The van der Waals surface area contributed by atoms with Crippen molar-refractivity contribution in [1.82, 2.24) is 10.3 Å². The second kappa shape index (κ2) is 20.9. The summed E-state index contributed by atoms with van der Waals surface area (Å²) in [6.45, 7) is 4.26. The number of carbonyl (C=O) groups excluding carboxylic acids is 1. The van der Waals surface area contributed by atoms with Crippen LogP contribution in [-0.4, -0.2) is 28.1 Å². The number of pyridine rings is 1. The van der Waals surface area contributed by atoms with Gasteiger partial charge in [-0.25, -0.2) is 0 Å². The van der Waals surface area contributed by atoms with E-state index in [0.717, 1.165) is 18.5 Å². The fourth-order valence-corrected chi connectivity index (χ4v) is 4.17. The Balaban J connectivity index is 1.98. The van der Waals surface area contributed by atoms with Crippen molar-refractivity contribution in [3.05, 3.63) is 36.2 Å². The summed E-state index contributed by atoms with van der Waals surface area (Å²) in [4.78, 5) is 16.5. The first-order valence-corrected chi connectivity index (χ1v) is 13.7. The van der Waals surface area contributed by atoms with Crippen molar-refractivity contribution < 1.29 is 9.90 Å². The molecule has 0 bridgehead atoms. The molecule has 0 aliphatic heterocycles. The Morgan fingerprint density at radius 2 is 1.42 bits per heavy atom. The lowest BCUT2D eigenvalue weighted by atomic mass is 10.0. The molecule has 0 aromatic carbocycles. The molecule has 1 rings (SSSR count). The SMILES string of the molecule is CCCCCCCCCCCCCCCCCC(=O)N[C@@H](CC)[C@H](O)/C=C/c1ccccn1. The molecule has 2 atom stereocenters. The van der Waals surface area contributed by atoms with Crippen molar-refractivity contribution in [2.45, 2.75) is 135 Å². The van der Waals surface area contributed by atoms with Gasteiger partial charge in [-0.1, -0.05) is 116 Å². The number of carbonyl (C=O) groups is 1. The van der Waals surface area contributed by atoms with Crippen molar-refractivity contribution in [3.8, 4) is 0 Å². The fourth-order valence-electron chi connectivity index (χ4n) is 4.17. The first-order chi connectivity index (χ1) is 16.2. The third kappa shape index (κ3) is 16.6. The molecule has 0 fully saturated rings. The Kier molecular flexibility index (Phi) is 18.6. The number of nitrogens with one attached hydrogen (secondary N) is 1. The van der Waals surface area contributed by atoms with Gasteiger partial charge in [0.05, 0.1) is 17.8 Å².